The van der Waals surface area contributed by atoms with E-state index in [1.54, 1.807) is 12.1 Å². The molecule has 1 N–H and O–H groups in total. The fourth-order valence-electron chi connectivity index (χ4n) is 2.64. The van der Waals surface area contributed by atoms with Crippen molar-refractivity contribution in [2.45, 2.75) is 18.8 Å². The zero-order valence-electron chi connectivity index (χ0n) is 13.2. The van der Waals surface area contributed by atoms with Crippen molar-refractivity contribution in [2.75, 3.05) is 24.7 Å². The van der Waals surface area contributed by atoms with E-state index in [2.05, 4.69) is 15.5 Å². The standard InChI is InChI=1S/C15H18N4O3S2/c1-24(21,22)19-9-5-6-11(10-19)14-17-18-15(23-14)13(20)16-12-7-3-2-4-8-12/h2-4,7-8,11H,5-6,9-10H2,1H3,(H,16,20). The van der Waals surface area contributed by atoms with Crippen LogP contribution in [0.3, 0.4) is 0 Å². The van der Waals surface area contributed by atoms with Crippen molar-refractivity contribution in [3.05, 3.63) is 40.3 Å². The number of nitrogens with one attached hydrogen (secondary N) is 1. The lowest BCUT2D eigenvalue weighted by molar-refractivity contribution is 0.102. The highest BCUT2D eigenvalue weighted by Crippen LogP contribution is 2.30. The molecule has 1 saturated heterocycles. The van der Waals surface area contributed by atoms with Crippen molar-refractivity contribution in [1.29, 1.82) is 0 Å². The Morgan fingerprint density at radius 2 is 2.04 bits per heavy atom. The molecule has 1 unspecified atom stereocenters. The van der Waals surface area contributed by atoms with E-state index in [1.165, 1.54) is 21.9 Å². The van der Waals surface area contributed by atoms with Gasteiger partial charge in [0, 0.05) is 24.7 Å². The van der Waals surface area contributed by atoms with E-state index in [4.69, 9.17) is 0 Å². The number of rotatable bonds is 4. The van der Waals surface area contributed by atoms with E-state index in [0.717, 1.165) is 12.8 Å². The lowest BCUT2D eigenvalue weighted by atomic mass is 10.0. The van der Waals surface area contributed by atoms with Crippen LogP contribution in [0.15, 0.2) is 30.3 Å². The molecule has 9 heteroatoms. The quantitative estimate of drug-likeness (QED) is 0.892. The predicted octanol–water partition coefficient (Wildman–Crippen LogP) is 1.93. The second kappa shape index (κ2) is 6.96. The summed E-state index contributed by atoms with van der Waals surface area (Å²) in [6, 6.07) is 9.14. The number of nitrogens with zero attached hydrogens (tertiary/aromatic N) is 3. The molecule has 0 bridgehead atoms. The van der Waals surface area contributed by atoms with Gasteiger partial charge in [0.15, 0.2) is 0 Å². The number of piperidine rings is 1. The van der Waals surface area contributed by atoms with Gasteiger partial charge in [0.2, 0.25) is 15.0 Å². The molecule has 2 aromatic rings. The zero-order chi connectivity index (χ0) is 17.2. The third-order valence-corrected chi connectivity index (χ3v) is 6.22. The summed E-state index contributed by atoms with van der Waals surface area (Å²) in [7, 11) is -3.21. The molecule has 1 aromatic heterocycles. The van der Waals surface area contributed by atoms with Crippen LogP contribution in [0.2, 0.25) is 0 Å². The van der Waals surface area contributed by atoms with Gasteiger partial charge in [-0.1, -0.05) is 29.5 Å². The van der Waals surface area contributed by atoms with Crippen LogP contribution >= 0.6 is 11.3 Å². The minimum absolute atomic E-state index is 0.00995. The average Bonchev–Trinajstić information content (AvgIpc) is 3.05. The maximum Gasteiger partial charge on any atom is 0.286 e. The molecule has 1 fully saturated rings. The minimum Gasteiger partial charge on any atom is -0.320 e. The molecular formula is C15H18N4O3S2. The molecule has 1 amide bonds. The molecule has 128 valence electrons. The summed E-state index contributed by atoms with van der Waals surface area (Å²) in [6.07, 6.45) is 2.85. The zero-order valence-corrected chi connectivity index (χ0v) is 14.8. The Morgan fingerprint density at radius 3 is 2.75 bits per heavy atom. The number of carbonyl (C=O) groups excluding carboxylic acids is 1. The Kier molecular flexibility index (Phi) is 4.93. The van der Waals surface area contributed by atoms with Gasteiger partial charge in [-0.2, -0.15) is 0 Å². The van der Waals surface area contributed by atoms with Crippen LogP contribution in [0.25, 0.3) is 0 Å². The first-order valence-electron chi connectivity index (χ1n) is 7.58. The van der Waals surface area contributed by atoms with Gasteiger partial charge in [0.1, 0.15) is 5.01 Å². The number of anilines is 1. The lowest BCUT2D eigenvalue weighted by Crippen LogP contribution is -2.38. The highest BCUT2D eigenvalue weighted by Gasteiger charge is 2.29. The number of aromatic nitrogens is 2. The molecule has 3 rings (SSSR count). The lowest BCUT2D eigenvalue weighted by Gasteiger charge is -2.29. The third kappa shape index (κ3) is 3.97. The maximum atomic E-state index is 12.2. The molecule has 1 atom stereocenters. The molecule has 1 aromatic carbocycles. The summed E-state index contributed by atoms with van der Waals surface area (Å²) in [5, 5.41) is 11.8. The molecule has 0 aliphatic carbocycles. The van der Waals surface area contributed by atoms with Crippen molar-refractivity contribution in [2.24, 2.45) is 0 Å². The smallest absolute Gasteiger partial charge is 0.286 e. The van der Waals surface area contributed by atoms with E-state index in [1.807, 2.05) is 18.2 Å². The molecule has 7 nitrogen and oxygen atoms in total. The SMILES string of the molecule is CS(=O)(=O)N1CCCC(c2nnc(C(=O)Nc3ccccc3)s2)C1. The Labute approximate surface area is 144 Å². The predicted molar refractivity (Wildman–Crippen MR) is 92.7 cm³/mol. The molecule has 0 spiro atoms. The maximum absolute atomic E-state index is 12.2. The first-order valence-corrected chi connectivity index (χ1v) is 10.2. The summed E-state index contributed by atoms with van der Waals surface area (Å²) in [4.78, 5) is 12.2. The van der Waals surface area contributed by atoms with Crippen LogP contribution < -0.4 is 5.32 Å². The number of para-hydroxylation sites is 1. The van der Waals surface area contributed by atoms with Gasteiger partial charge in [0.05, 0.1) is 6.26 Å². The van der Waals surface area contributed by atoms with Gasteiger partial charge < -0.3 is 5.32 Å². The number of carbonyl (C=O) groups is 1. The number of hydrogen-bond acceptors (Lipinski definition) is 6. The van der Waals surface area contributed by atoms with Crippen molar-refractivity contribution >= 4 is 33.0 Å². The first kappa shape index (κ1) is 17.0. The molecule has 2 heterocycles. The van der Waals surface area contributed by atoms with Gasteiger partial charge in [-0.05, 0) is 25.0 Å². The summed E-state index contributed by atoms with van der Waals surface area (Å²) in [6.45, 7) is 0.934. The fourth-order valence-corrected chi connectivity index (χ4v) is 4.42. The van der Waals surface area contributed by atoms with Crippen LogP contribution in [0.4, 0.5) is 5.69 Å². The van der Waals surface area contributed by atoms with Crippen LogP contribution in [0.1, 0.15) is 33.6 Å². The van der Waals surface area contributed by atoms with E-state index < -0.39 is 10.0 Å². The monoisotopic (exact) mass is 366 g/mol. The number of amides is 1. The second-order valence-corrected chi connectivity index (χ2v) is 8.72. The number of sulfonamides is 1. The molecule has 1 aliphatic rings. The van der Waals surface area contributed by atoms with E-state index in [0.29, 0.717) is 23.8 Å². The van der Waals surface area contributed by atoms with Crippen molar-refractivity contribution < 1.29 is 13.2 Å². The summed E-state index contributed by atoms with van der Waals surface area (Å²) in [5.41, 5.74) is 0.695. The number of hydrogen-bond donors (Lipinski definition) is 1. The molecule has 1 aliphatic heterocycles. The molecule has 0 saturated carbocycles. The normalized spacial score (nSPS) is 19.1. The summed E-state index contributed by atoms with van der Waals surface area (Å²) in [5.74, 6) is -0.315. The third-order valence-electron chi connectivity index (χ3n) is 3.87. The second-order valence-electron chi connectivity index (χ2n) is 5.73. The highest BCUT2D eigenvalue weighted by atomic mass is 32.2. The van der Waals surface area contributed by atoms with E-state index in [-0.39, 0.29) is 16.8 Å². The van der Waals surface area contributed by atoms with Crippen LogP contribution in [0, 0.1) is 0 Å². The summed E-state index contributed by atoms with van der Waals surface area (Å²) >= 11 is 1.22. The Balaban J connectivity index is 1.70. The molecule has 24 heavy (non-hydrogen) atoms. The van der Waals surface area contributed by atoms with E-state index >= 15 is 0 Å². The first-order chi connectivity index (χ1) is 11.4. The minimum atomic E-state index is -3.21. The largest absolute Gasteiger partial charge is 0.320 e. The topological polar surface area (TPSA) is 92.3 Å². The average molecular weight is 366 g/mol. The van der Waals surface area contributed by atoms with E-state index in [9.17, 15) is 13.2 Å². The Hall–Kier alpha value is -1.84. The fraction of sp³-hybridized carbons (Fsp3) is 0.400. The Bertz CT molecular complexity index is 820. The summed E-state index contributed by atoms with van der Waals surface area (Å²) < 4.78 is 24.9. The Morgan fingerprint density at radius 1 is 1.29 bits per heavy atom. The van der Waals surface area contributed by atoms with Crippen LogP contribution in [-0.4, -0.2) is 48.2 Å². The van der Waals surface area contributed by atoms with Gasteiger partial charge in [-0.15, -0.1) is 10.2 Å². The molecule has 0 radical (unpaired) electrons. The van der Waals surface area contributed by atoms with Gasteiger partial charge in [0.25, 0.3) is 5.91 Å². The van der Waals surface area contributed by atoms with Gasteiger partial charge in [-0.3, -0.25) is 4.79 Å². The van der Waals surface area contributed by atoms with Crippen molar-refractivity contribution in [1.82, 2.24) is 14.5 Å². The molecular weight excluding hydrogens is 348 g/mol. The van der Waals surface area contributed by atoms with Crippen LogP contribution in [-0.2, 0) is 10.0 Å². The number of benzene rings is 1. The highest BCUT2D eigenvalue weighted by molar-refractivity contribution is 7.88. The van der Waals surface area contributed by atoms with Gasteiger partial charge in [-0.25, -0.2) is 12.7 Å². The van der Waals surface area contributed by atoms with Crippen molar-refractivity contribution in [3.8, 4) is 0 Å². The van der Waals surface area contributed by atoms with Crippen LogP contribution in [0.5, 0.6) is 0 Å². The van der Waals surface area contributed by atoms with Crippen molar-refractivity contribution in [3.63, 3.8) is 0 Å². The van der Waals surface area contributed by atoms with Gasteiger partial charge >= 0.3 is 0 Å².